The number of fused-ring (bicyclic) bond motifs is 1. The highest BCUT2D eigenvalue weighted by molar-refractivity contribution is 7.99. The van der Waals surface area contributed by atoms with Gasteiger partial charge in [-0.2, -0.15) is 0 Å². The highest BCUT2D eigenvalue weighted by Crippen LogP contribution is 2.35. The average Bonchev–Trinajstić information content (AvgIpc) is 3.00. The van der Waals surface area contributed by atoms with Crippen LogP contribution in [0.15, 0.2) is 58.3 Å². The van der Waals surface area contributed by atoms with E-state index in [9.17, 15) is 5.11 Å². The van der Waals surface area contributed by atoms with Gasteiger partial charge in [0.05, 0.1) is 6.10 Å². The van der Waals surface area contributed by atoms with Crippen LogP contribution >= 0.6 is 11.8 Å². The Morgan fingerprint density at radius 1 is 1.08 bits per heavy atom. The normalized spacial score (nSPS) is 23.7. The van der Waals surface area contributed by atoms with Crippen LogP contribution in [0.25, 0.3) is 0 Å². The first-order valence-corrected chi connectivity index (χ1v) is 9.51. The second-order valence-corrected chi connectivity index (χ2v) is 7.81. The molecule has 2 aliphatic rings. The molecule has 0 saturated carbocycles. The van der Waals surface area contributed by atoms with Gasteiger partial charge in [-0.1, -0.05) is 36.0 Å². The summed E-state index contributed by atoms with van der Waals surface area (Å²) in [5.41, 5.74) is 1.31. The van der Waals surface area contributed by atoms with E-state index in [1.54, 1.807) is 11.8 Å². The van der Waals surface area contributed by atoms with Crippen molar-refractivity contribution in [3.05, 3.63) is 54.1 Å². The summed E-state index contributed by atoms with van der Waals surface area (Å²) < 4.78 is 6.27. The molecule has 2 aromatic carbocycles. The number of aliphatic hydroxyl groups is 1. The summed E-state index contributed by atoms with van der Waals surface area (Å²) in [6.07, 6.45) is 3.10. The summed E-state index contributed by atoms with van der Waals surface area (Å²) in [5.74, 6) is 1.03. The molecule has 2 heterocycles. The fraction of sp³-hybridized carbons (Fsp3) is 0.400. The fourth-order valence-corrected chi connectivity index (χ4v) is 4.36. The molecule has 24 heavy (non-hydrogen) atoms. The predicted octanol–water partition coefficient (Wildman–Crippen LogP) is 3.60. The maximum absolute atomic E-state index is 9.68. The minimum Gasteiger partial charge on any atom is -0.489 e. The molecule has 0 spiro atoms. The zero-order valence-electron chi connectivity index (χ0n) is 13.7. The lowest BCUT2D eigenvalue weighted by molar-refractivity contribution is 0.114. The summed E-state index contributed by atoms with van der Waals surface area (Å²) in [6.45, 7) is 2.70. The second kappa shape index (κ2) is 7.18. The standard InChI is InChI=1S/C20H23NO2S/c22-16-10-11-21(13-16)14-17-8-6-15-7-9-19(12-20(15)23-17)24-18-4-2-1-3-5-18/h1-5,7,9,12,16-17,22H,6,8,10-11,13-14H2/t16?,17-/m1/s1. The van der Waals surface area contributed by atoms with Crippen LogP contribution in [0.3, 0.4) is 0 Å². The molecule has 2 atom stereocenters. The molecule has 2 aromatic rings. The number of rotatable bonds is 4. The number of β-amino-alcohol motifs (C(OH)–C–C–N with tert-alkyl or cyclic N) is 1. The van der Waals surface area contributed by atoms with Gasteiger partial charge in [0.15, 0.2) is 0 Å². The molecule has 1 unspecified atom stereocenters. The van der Waals surface area contributed by atoms with E-state index >= 15 is 0 Å². The van der Waals surface area contributed by atoms with Crippen molar-refractivity contribution in [2.75, 3.05) is 19.6 Å². The Morgan fingerprint density at radius 3 is 2.75 bits per heavy atom. The highest BCUT2D eigenvalue weighted by atomic mass is 32.2. The predicted molar refractivity (Wildman–Crippen MR) is 96.8 cm³/mol. The zero-order valence-corrected chi connectivity index (χ0v) is 14.5. The number of ether oxygens (including phenoxy) is 1. The van der Waals surface area contributed by atoms with E-state index in [0.717, 1.165) is 44.6 Å². The first-order valence-electron chi connectivity index (χ1n) is 8.69. The molecule has 1 saturated heterocycles. The van der Waals surface area contributed by atoms with E-state index in [0.29, 0.717) is 0 Å². The summed E-state index contributed by atoms with van der Waals surface area (Å²) in [6, 6.07) is 17.0. The van der Waals surface area contributed by atoms with Gasteiger partial charge in [0.1, 0.15) is 11.9 Å². The molecule has 4 rings (SSSR count). The third-order valence-electron chi connectivity index (χ3n) is 4.76. The Labute approximate surface area is 147 Å². The van der Waals surface area contributed by atoms with Crippen molar-refractivity contribution in [2.24, 2.45) is 0 Å². The lowest BCUT2D eigenvalue weighted by Gasteiger charge is -2.29. The summed E-state index contributed by atoms with van der Waals surface area (Å²) in [7, 11) is 0. The minimum absolute atomic E-state index is 0.158. The molecular formula is C20H23NO2S. The molecule has 1 N–H and O–H groups in total. The van der Waals surface area contributed by atoms with Crippen LogP contribution in [0.5, 0.6) is 5.75 Å². The van der Waals surface area contributed by atoms with Crippen LogP contribution in [-0.4, -0.2) is 41.8 Å². The monoisotopic (exact) mass is 341 g/mol. The maximum Gasteiger partial charge on any atom is 0.124 e. The van der Waals surface area contributed by atoms with Crippen molar-refractivity contribution >= 4 is 11.8 Å². The van der Waals surface area contributed by atoms with Crippen LogP contribution in [0.1, 0.15) is 18.4 Å². The summed E-state index contributed by atoms with van der Waals surface area (Å²) >= 11 is 1.77. The van der Waals surface area contributed by atoms with Crippen molar-refractivity contribution in [1.29, 1.82) is 0 Å². The molecule has 3 nitrogen and oxygen atoms in total. The van der Waals surface area contributed by atoms with Crippen molar-refractivity contribution in [1.82, 2.24) is 4.90 Å². The highest BCUT2D eigenvalue weighted by Gasteiger charge is 2.26. The first kappa shape index (κ1) is 16.0. The molecule has 0 radical (unpaired) electrons. The smallest absolute Gasteiger partial charge is 0.124 e. The quantitative estimate of drug-likeness (QED) is 0.921. The van der Waals surface area contributed by atoms with Gasteiger partial charge < -0.3 is 9.84 Å². The second-order valence-electron chi connectivity index (χ2n) is 6.67. The summed E-state index contributed by atoms with van der Waals surface area (Å²) in [4.78, 5) is 4.79. The van der Waals surface area contributed by atoms with E-state index in [-0.39, 0.29) is 12.2 Å². The molecule has 126 valence electrons. The van der Waals surface area contributed by atoms with Crippen molar-refractivity contribution in [3.8, 4) is 5.75 Å². The number of benzene rings is 2. The lowest BCUT2D eigenvalue weighted by Crippen LogP contribution is -2.36. The number of likely N-dealkylation sites (tertiary alicyclic amines) is 1. The van der Waals surface area contributed by atoms with E-state index in [1.807, 2.05) is 6.07 Å². The first-order chi connectivity index (χ1) is 11.8. The molecule has 0 bridgehead atoms. The number of hydrogen-bond acceptors (Lipinski definition) is 4. The fourth-order valence-electron chi connectivity index (χ4n) is 3.49. The van der Waals surface area contributed by atoms with Crippen LogP contribution < -0.4 is 4.74 Å². The number of nitrogens with zero attached hydrogens (tertiary/aromatic N) is 1. The van der Waals surface area contributed by atoms with Gasteiger partial charge in [-0.3, -0.25) is 4.90 Å². The van der Waals surface area contributed by atoms with E-state index < -0.39 is 0 Å². The topological polar surface area (TPSA) is 32.7 Å². The molecule has 0 aliphatic carbocycles. The van der Waals surface area contributed by atoms with Gasteiger partial charge in [-0.25, -0.2) is 0 Å². The van der Waals surface area contributed by atoms with Crippen LogP contribution in [-0.2, 0) is 6.42 Å². The van der Waals surface area contributed by atoms with Gasteiger partial charge in [-0.05, 0) is 49.1 Å². The SMILES string of the molecule is OC1CCN(C[C@H]2CCc3ccc(Sc4ccccc4)cc3O2)C1. The largest absolute Gasteiger partial charge is 0.489 e. The molecular weight excluding hydrogens is 318 g/mol. The number of hydrogen-bond donors (Lipinski definition) is 1. The number of aliphatic hydroxyl groups excluding tert-OH is 1. The third-order valence-corrected chi connectivity index (χ3v) is 5.75. The Hall–Kier alpha value is -1.49. The molecule has 0 aromatic heterocycles. The van der Waals surface area contributed by atoms with Crippen molar-refractivity contribution in [2.45, 2.75) is 41.3 Å². The van der Waals surface area contributed by atoms with Crippen LogP contribution in [0.4, 0.5) is 0 Å². The lowest BCUT2D eigenvalue weighted by atomic mass is 10.0. The molecule has 4 heteroatoms. The van der Waals surface area contributed by atoms with Crippen molar-refractivity contribution < 1.29 is 9.84 Å². The Kier molecular flexibility index (Phi) is 4.79. The third kappa shape index (κ3) is 3.77. The zero-order chi connectivity index (χ0) is 16.4. The van der Waals surface area contributed by atoms with Gasteiger partial charge in [0, 0.05) is 29.4 Å². The summed E-state index contributed by atoms with van der Waals surface area (Å²) in [5, 5.41) is 9.68. The van der Waals surface area contributed by atoms with Crippen molar-refractivity contribution in [3.63, 3.8) is 0 Å². The van der Waals surface area contributed by atoms with Gasteiger partial charge >= 0.3 is 0 Å². The average molecular weight is 341 g/mol. The minimum atomic E-state index is -0.158. The molecule has 2 aliphatic heterocycles. The Morgan fingerprint density at radius 2 is 1.96 bits per heavy atom. The number of aryl methyl sites for hydroxylation is 1. The molecule has 1 fully saturated rings. The van der Waals surface area contributed by atoms with E-state index in [2.05, 4.69) is 47.4 Å². The Balaban J connectivity index is 1.43. The van der Waals surface area contributed by atoms with E-state index in [1.165, 1.54) is 15.4 Å². The Bertz CT molecular complexity index is 691. The van der Waals surface area contributed by atoms with Crippen LogP contribution in [0, 0.1) is 0 Å². The van der Waals surface area contributed by atoms with E-state index in [4.69, 9.17) is 4.74 Å². The van der Waals surface area contributed by atoms with Crippen LogP contribution in [0.2, 0.25) is 0 Å². The van der Waals surface area contributed by atoms with Gasteiger partial charge in [0.2, 0.25) is 0 Å². The van der Waals surface area contributed by atoms with Gasteiger partial charge in [0.25, 0.3) is 0 Å². The maximum atomic E-state index is 9.68. The van der Waals surface area contributed by atoms with Gasteiger partial charge in [-0.15, -0.1) is 0 Å². The molecule has 0 amide bonds.